The van der Waals surface area contributed by atoms with E-state index in [4.69, 9.17) is 5.11 Å². The Morgan fingerprint density at radius 3 is 3.15 bits per heavy atom. The van der Waals surface area contributed by atoms with E-state index in [0.29, 0.717) is 13.1 Å². The first kappa shape index (κ1) is 8.68. The largest absolute Gasteiger partial charge is 0.465 e. The molecule has 0 radical (unpaired) electrons. The number of fused-ring (bicyclic) bond motifs is 1. The first-order valence-corrected chi connectivity index (χ1v) is 5.00. The van der Waals surface area contributed by atoms with Crippen LogP contribution in [-0.2, 0) is 4.79 Å². The summed E-state index contributed by atoms with van der Waals surface area (Å²) < 4.78 is 2.68. The number of hydrogen-bond donors (Lipinski definition) is 2. The van der Waals surface area contributed by atoms with Gasteiger partial charge in [-0.2, -0.15) is 0 Å². The highest BCUT2D eigenvalue weighted by molar-refractivity contribution is 7.99. The molecule has 6 heteroatoms. The molecule has 72 valence electrons. The number of nitrogens with one attached hydrogen (secondary N) is 1. The minimum absolute atomic E-state index is 0.0269. The first-order valence-electron chi connectivity index (χ1n) is 4.12. The molecule has 0 aromatic carbocycles. The summed E-state index contributed by atoms with van der Waals surface area (Å²) in [6.45, 7) is 0.886. The van der Waals surface area contributed by atoms with E-state index in [1.807, 2.05) is 0 Å². The van der Waals surface area contributed by atoms with Crippen LogP contribution in [0.1, 0.15) is 6.42 Å². The van der Waals surface area contributed by atoms with Crippen molar-refractivity contribution in [3.8, 4) is 0 Å². The van der Waals surface area contributed by atoms with Crippen LogP contribution in [0.2, 0.25) is 0 Å². The van der Waals surface area contributed by atoms with Gasteiger partial charge in [0.05, 0.1) is 5.92 Å². The smallest absolute Gasteiger partial charge is 0.407 e. The van der Waals surface area contributed by atoms with Crippen LogP contribution in [0.25, 0.3) is 0 Å². The van der Waals surface area contributed by atoms with E-state index < -0.39 is 6.09 Å². The van der Waals surface area contributed by atoms with Crippen molar-refractivity contribution >= 4 is 23.9 Å². The van der Waals surface area contributed by atoms with Crippen LogP contribution in [0.15, 0.2) is 0 Å². The molecule has 2 amide bonds. The molecule has 2 N–H and O–H groups in total. The standard InChI is InChI=1S/C7H10N2O3S/c10-6-4-3-9(7(11)12)2-1-5(4)13-8-6/h4-5H,1-3H2,(H,8,10)(H,11,12). The van der Waals surface area contributed by atoms with Gasteiger partial charge in [-0.05, 0) is 18.4 Å². The zero-order chi connectivity index (χ0) is 9.42. The van der Waals surface area contributed by atoms with Gasteiger partial charge in [-0.1, -0.05) is 0 Å². The maximum Gasteiger partial charge on any atom is 0.407 e. The van der Waals surface area contributed by atoms with Gasteiger partial charge < -0.3 is 10.0 Å². The molecule has 0 aromatic rings. The number of piperidine rings is 1. The highest BCUT2D eigenvalue weighted by Gasteiger charge is 2.41. The van der Waals surface area contributed by atoms with Crippen LogP contribution in [-0.4, -0.2) is 40.3 Å². The maximum atomic E-state index is 11.2. The Bertz CT molecular complexity index is 258. The summed E-state index contributed by atoms with van der Waals surface area (Å²) in [6.07, 6.45) is -0.163. The lowest BCUT2D eigenvalue weighted by Crippen LogP contribution is -2.45. The molecule has 2 atom stereocenters. The Labute approximate surface area is 79.6 Å². The quantitative estimate of drug-likeness (QED) is 0.548. The third kappa shape index (κ3) is 1.46. The number of carbonyl (C=O) groups is 2. The maximum absolute atomic E-state index is 11.2. The lowest BCUT2D eigenvalue weighted by Gasteiger charge is -2.30. The molecule has 0 bridgehead atoms. The molecule has 2 unspecified atom stereocenters. The molecule has 2 rings (SSSR count). The molecule has 0 saturated carbocycles. The highest BCUT2D eigenvalue weighted by atomic mass is 32.2. The fraction of sp³-hybridized carbons (Fsp3) is 0.714. The van der Waals surface area contributed by atoms with Crippen molar-refractivity contribution in [2.75, 3.05) is 13.1 Å². The Hall–Kier alpha value is -0.910. The molecule has 2 aliphatic heterocycles. The van der Waals surface area contributed by atoms with Crippen LogP contribution >= 0.6 is 11.9 Å². The van der Waals surface area contributed by atoms with E-state index in [1.165, 1.54) is 16.8 Å². The average Bonchev–Trinajstić information content (AvgIpc) is 2.47. The number of amides is 2. The molecule has 5 nitrogen and oxygen atoms in total. The molecule has 0 aromatic heterocycles. The number of carboxylic acid groups (broad SMARTS) is 1. The summed E-state index contributed by atoms with van der Waals surface area (Å²) in [5, 5.41) is 9.00. The van der Waals surface area contributed by atoms with Gasteiger partial charge in [-0.15, -0.1) is 0 Å². The van der Waals surface area contributed by atoms with Crippen molar-refractivity contribution < 1.29 is 14.7 Å². The first-order chi connectivity index (χ1) is 6.18. The Morgan fingerprint density at radius 1 is 1.69 bits per heavy atom. The predicted octanol–water partition coefficient (Wildman–Crippen LogP) is 0.133. The predicted molar refractivity (Wildman–Crippen MR) is 47.2 cm³/mol. The van der Waals surface area contributed by atoms with Crippen molar-refractivity contribution in [1.29, 1.82) is 0 Å². The molecule has 2 saturated heterocycles. The van der Waals surface area contributed by atoms with E-state index in [0.717, 1.165) is 6.42 Å². The molecule has 13 heavy (non-hydrogen) atoms. The molecular formula is C7H10N2O3S. The third-order valence-corrected chi connectivity index (χ3v) is 3.65. The SMILES string of the molecule is O=C1NSC2CCN(C(=O)O)CC12. The lowest BCUT2D eigenvalue weighted by atomic mass is 9.97. The summed E-state index contributed by atoms with van der Waals surface area (Å²) in [5.41, 5.74) is 0. The molecule has 0 aliphatic carbocycles. The molecule has 2 heterocycles. The lowest BCUT2D eigenvalue weighted by molar-refractivity contribution is -0.123. The molecular weight excluding hydrogens is 192 g/mol. The summed E-state index contributed by atoms with van der Waals surface area (Å²) >= 11 is 1.43. The van der Waals surface area contributed by atoms with Gasteiger partial charge in [-0.3, -0.25) is 9.52 Å². The number of hydrogen-bond acceptors (Lipinski definition) is 3. The second-order valence-electron chi connectivity index (χ2n) is 3.25. The van der Waals surface area contributed by atoms with Gasteiger partial charge in [-0.25, -0.2) is 4.79 Å². The van der Waals surface area contributed by atoms with E-state index in [-0.39, 0.29) is 17.1 Å². The van der Waals surface area contributed by atoms with Crippen molar-refractivity contribution in [2.24, 2.45) is 5.92 Å². The van der Waals surface area contributed by atoms with Gasteiger partial charge in [0.2, 0.25) is 5.91 Å². The van der Waals surface area contributed by atoms with Gasteiger partial charge in [0.1, 0.15) is 0 Å². The number of rotatable bonds is 0. The van der Waals surface area contributed by atoms with Crippen LogP contribution in [0.4, 0.5) is 4.79 Å². The molecule has 0 spiro atoms. The molecule has 2 aliphatic rings. The average molecular weight is 202 g/mol. The highest BCUT2D eigenvalue weighted by Crippen LogP contribution is 2.32. The van der Waals surface area contributed by atoms with Crippen molar-refractivity contribution in [1.82, 2.24) is 9.62 Å². The van der Waals surface area contributed by atoms with E-state index in [9.17, 15) is 9.59 Å². The second-order valence-corrected chi connectivity index (χ2v) is 4.29. The number of likely N-dealkylation sites (tertiary alicyclic amines) is 1. The van der Waals surface area contributed by atoms with Crippen molar-refractivity contribution in [3.05, 3.63) is 0 Å². The normalized spacial score (nSPS) is 32.6. The Balaban J connectivity index is 2.05. The number of nitrogens with zero attached hydrogens (tertiary/aromatic N) is 1. The topological polar surface area (TPSA) is 69.6 Å². The zero-order valence-corrected chi connectivity index (χ0v) is 7.71. The number of carbonyl (C=O) groups excluding carboxylic acids is 1. The van der Waals surface area contributed by atoms with Crippen molar-refractivity contribution in [3.63, 3.8) is 0 Å². The van der Waals surface area contributed by atoms with Gasteiger partial charge in [0.15, 0.2) is 0 Å². The van der Waals surface area contributed by atoms with Gasteiger partial charge >= 0.3 is 6.09 Å². The van der Waals surface area contributed by atoms with Crippen LogP contribution in [0, 0.1) is 5.92 Å². The molecule has 2 fully saturated rings. The fourth-order valence-corrected chi connectivity index (χ4v) is 2.72. The van der Waals surface area contributed by atoms with E-state index in [2.05, 4.69) is 4.72 Å². The summed E-state index contributed by atoms with van der Waals surface area (Å²) in [5.74, 6) is -0.171. The minimum Gasteiger partial charge on any atom is -0.465 e. The summed E-state index contributed by atoms with van der Waals surface area (Å²) in [4.78, 5) is 23.2. The summed E-state index contributed by atoms with van der Waals surface area (Å²) in [6, 6.07) is 0. The van der Waals surface area contributed by atoms with E-state index in [1.54, 1.807) is 0 Å². The monoisotopic (exact) mass is 202 g/mol. The Kier molecular flexibility index (Phi) is 2.07. The Morgan fingerprint density at radius 2 is 2.46 bits per heavy atom. The van der Waals surface area contributed by atoms with E-state index >= 15 is 0 Å². The van der Waals surface area contributed by atoms with Gasteiger partial charge in [0.25, 0.3) is 0 Å². The zero-order valence-electron chi connectivity index (χ0n) is 6.90. The van der Waals surface area contributed by atoms with Crippen LogP contribution < -0.4 is 4.72 Å². The summed E-state index contributed by atoms with van der Waals surface area (Å²) in [7, 11) is 0. The fourth-order valence-electron chi connectivity index (χ4n) is 1.71. The third-order valence-electron chi connectivity index (χ3n) is 2.47. The van der Waals surface area contributed by atoms with Crippen LogP contribution in [0.3, 0.4) is 0 Å². The second kappa shape index (κ2) is 3.10. The van der Waals surface area contributed by atoms with Gasteiger partial charge in [0, 0.05) is 18.3 Å². The van der Waals surface area contributed by atoms with Crippen LogP contribution in [0.5, 0.6) is 0 Å². The minimum atomic E-state index is -0.928. The van der Waals surface area contributed by atoms with Crippen molar-refractivity contribution in [2.45, 2.75) is 11.7 Å².